The highest BCUT2D eigenvalue weighted by Gasteiger charge is 2.24. The number of carbonyl (C=O) groups excluding carboxylic acids is 1. The summed E-state index contributed by atoms with van der Waals surface area (Å²) in [5.74, 6) is 1.73. The van der Waals surface area contributed by atoms with E-state index in [1.54, 1.807) is 23.8 Å². The summed E-state index contributed by atoms with van der Waals surface area (Å²) < 4.78 is 18.5. The van der Waals surface area contributed by atoms with E-state index in [0.29, 0.717) is 51.3 Å². The van der Waals surface area contributed by atoms with Crippen molar-refractivity contribution in [2.75, 3.05) is 19.2 Å². The molecule has 2 aromatic heterocycles. The average Bonchev–Trinajstić information content (AvgIpc) is 3.54. The highest BCUT2D eigenvalue weighted by atomic mass is 32.2. The van der Waals surface area contributed by atoms with Crippen molar-refractivity contribution in [1.82, 2.24) is 9.55 Å². The van der Waals surface area contributed by atoms with Gasteiger partial charge in [-0.3, -0.25) is 14.2 Å². The number of fused-ring (bicyclic) bond motifs is 2. The molecule has 35 heavy (non-hydrogen) atoms. The number of para-hydroxylation sites is 2. The number of amides is 1. The van der Waals surface area contributed by atoms with Gasteiger partial charge in [-0.15, -0.1) is 11.3 Å². The van der Waals surface area contributed by atoms with Crippen LogP contribution in [0.2, 0.25) is 0 Å². The van der Waals surface area contributed by atoms with Gasteiger partial charge in [0.25, 0.3) is 5.56 Å². The molecule has 4 aromatic rings. The number of hydrogen-bond donors (Lipinski definition) is 1. The lowest BCUT2D eigenvalue weighted by Gasteiger charge is -2.18. The van der Waals surface area contributed by atoms with E-state index in [-0.39, 0.29) is 18.3 Å². The number of rotatable bonds is 8. The van der Waals surface area contributed by atoms with Crippen LogP contribution in [0.25, 0.3) is 10.2 Å². The number of nitrogens with one attached hydrogen (secondary N) is 1. The Morgan fingerprint density at radius 1 is 1.23 bits per heavy atom. The Morgan fingerprint density at radius 3 is 2.89 bits per heavy atom. The predicted molar refractivity (Wildman–Crippen MR) is 137 cm³/mol. The highest BCUT2D eigenvalue weighted by Crippen LogP contribution is 2.34. The molecule has 180 valence electrons. The minimum absolute atomic E-state index is 0.134. The third kappa shape index (κ3) is 4.71. The van der Waals surface area contributed by atoms with Crippen LogP contribution in [0.3, 0.4) is 0 Å². The normalized spacial score (nSPS) is 13.1. The number of thiophene rings is 1. The number of thioether (sulfide) groups is 1. The summed E-state index contributed by atoms with van der Waals surface area (Å²) in [5, 5.41) is 4.82. The van der Waals surface area contributed by atoms with Crippen LogP contribution in [0.5, 0.6) is 17.2 Å². The Bertz CT molecular complexity index is 1450. The molecular formula is C25H23N3O5S2. The zero-order chi connectivity index (χ0) is 24.4. The van der Waals surface area contributed by atoms with Crippen LogP contribution in [-0.4, -0.2) is 34.6 Å². The standard InChI is InChI=1S/C25H23N3O5S2/c1-3-21(23(29)26-16-6-4-5-7-18(16)31-2)35-25-27-17-10-11-34-22(17)24(30)28(25)13-15-8-9-19-20(12-15)33-14-32-19/h4-12,21H,3,13-14H2,1-2H3,(H,26,29). The molecule has 0 spiro atoms. The van der Waals surface area contributed by atoms with Gasteiger partial charge < -0.3 is 19.5 Å². The molecule has 0 radical (unpaired) electrons. The van der Waals surface area contributed by atoms with Gasteiger partial charge in [0.2, 0.25) is 12.7 Å². The van der Waals surface area contributed by atoms with E-state index in [4.69, 9.17) is 19.2 Å². The first-order valence-electron chi connectivity index (χ1n) is 11.0. The van der Waals surface area contributed by atoms with E-state index >= 15 is 0 Å². The van der Waals surface area contributed by atoms with Crippen molar-refractivity contribution >= 4 is 44.9 Å². The number of nitrogens with zero attached hydrogens (tertiary/aromatic N) is 2. The monoisotopic (exact) mass is 509 g/mol. The summed E-state index contributed by atoms with van der Waals surface area (Å²) in [6, 6.07) is 14.7. The first-order chi connectivity index (χ1) is 17.1. The maximum atomic E-state index is 13.4. The molecule has 2 aromatic carbocycles. The molecule has 1 unspecified atom stereocenters. The second-order valence-electron chi connectivity index (χ2n) is 7.81. The van der Waals surface area contributed by atoms with E-state index in [1.165, 1.54) is 23.1 Å². The molecule has 1 N–H and O–H groups in total. The van der Waals surface area contributed by atoms with E-state index in [9.17, 15) is 9.59 Å². The van der Waals surface area contributed by atoms with Crippen LogP contribution in [0.1, 0.15) is 18.9 Å². The number of methoxy groups -OCH3 is 1. The van der Waals surface area contributed by atoms with E-state index < -0.39 is 5.25 Å². The summed E-state index contributed by atoms with van der Waals surface area (Å²) in [5.41, 5.74) is 1.97. The van der Waals surface area contributed by atoms with Gasteiger partial charge in [-0.1, -0.05) is 36.9 Å². The third-order valence-electron chi connectivity index (χ3n) is 5.58. The van der Waals surface area contributed by atoms with Crippen LogP contribution < -0.4 is 25.1 Å². The molecule has 3 heterocycles. The first-order valence-corrected chi connectivity index (χ1v) is 12.8. The Morgan fingerprint density at radius 2 is 2.06 bits per heavy atom. The molecule has 1 aliphatic rings. The molecule has 0 saturated heterocycles. The highest BCUT2D eigenvalue weighted by molar-refractivity contribution is 8.00. The van der Waals surface area contributed by atoms with Crippen molar-refractivity contribution < 1.29 is 19.0 Å². The molecule has 5 rings (SSSR count). The molecule has 1 atom stereocenters. The molecular weight excluding hydrogens is 486 g/mol. The van der Waals surface area contributed by atoms with Gasteiger partial charge in [0.05, 0.1) is 30.1 Å². The van der Waals surface area contributed by atoms with Crippen LogP contribution in [0.4, 0.5) is 5.69 Å². The molecule has 8 nitrogen and oxygen atoms in total. The van der Waals surface area contributed by atoms with Gasteiger partial charge in [-0.05, 0) is 47.7 Å². The van der Waals surface area contributed by atoms with Crippen molar-refractivity contribution in [3.63, 3.8) is 0 Å². The number of aromatic nitrogens is 2. The van der Waals surface area contributed by atoms with Crippen molar-refractivity contribution in [3.8, 4) is 17.2 Å². The number of benzene rings is 2. The minimum Gasteiger partial charge on any atom is -0.495 e. The zero-order valence-corrected chi connectivity index (χ0v) is 20.8. The molecule has 10 heteroatoms. The fraction of sp³-hybridized carbons (Fsp3) is 0.240. The molecule has 0 fully saturated rings. The van der Waals surface area contributed by atoms with Gasteiger partial charge in [0.1, 0.15) is 10.4 Å². The van der Waals surface area contributed by atoms with Crippen LogP contribution in [0, 0.1) is 0 Å². The summed E-state index contributed by atoms with van der Waals surface area (Å²) in [7, 11) is 1.56. The Hall–Kier alpha value is -3.50. The number of hydrogen-bond acceptors (Lipinski definition) is 8. The number of ether oxygens (including phenoxy) is 3. The van der Waals surface area contributed by atoms with E-state index in [1.807, 2.05) is 48.7 Å². The predicted octanol–water partition coefficient (Wildman–Crippen LogP) is 4.75. The first kappa shape index (κ1) is 23.3. The van der Waals surface area contributed by atoms with Gasteiger partial charge in [0, 0.05) is 0 Å². The summed E-state index contributed by atoms with van der Waals surface area (Å²) in [4.78, 5) is 31.3. The molecule has 0 aliphatic carbocycles. The summed E-state index contributed by atoms with van der Waals surface area (Å²) in [6.07, 6.45) is 0.549. The Kier molecular flexibility index (Phi) is 6.65. The van der Waals surface area contributed by atoms with Gasteiger partial charge in [0.15, 0.2) is 16.7 Å². The van der Waals surface area contributed by atoms with Gasteiger partial charge in [-0.2, -0.15) is 0 Å². The van der Waals surface area contributed by atoms with Crippen molar-refractivity contribution in [3.05, 3.63) is 69.8 Å². The zero-order valence-electron chi connectivity index (χ0n) is 19.1. The lowest BCUT2D eigenvalue weighted by molar-refractivity contribution is -0.115. The summed E-state index contributed by atoms with van der Waals surface area (Å²) >= 11 is 2.64. The van der Waals surface area contributed by atoms with Crippen molar-refractivity contribution in [2.24, 2.45) is 0 Å². The maximum absolute atomic E-state index is 13.4. The summed E-state index contributed by atoms with van der Waals surface area (Å²) in [6.45, 7) is 2.41. The van der Waals surface area contributed by atoms with Crippen LogP contribution >= 0.6 is 23.1 Å². The molecule has 1 amide bonds. The fourth-order valence-corrected chi connectivity index (χ4v) is 5.58. The SMILES string of the molecule is CCC(Sc1nc2ccsc2c(=O)n1Cc1ccc2c(c1)OCO2)C(=O)Nc1ccccc1OC. The molecule has 0 saturated carbocycles. The lowest BCUT2D eigenvalue weighted by atomic mass is 10.2. The maximum Gasteiger partial charge on any atom is 0.272 e. The molecule has 1 aliphatic heterocycles. The minimum atomic E-state index is -0.467. The number of carbonyl (C=O) groups is 1. The fourth-order valence-electron chi connectivity index (χ4n) is 3.79. The number of anilines is 1. The van der Waals surface area contributed by atoms with Crippen LogP contribution in [0.15, 0.2) is 63.9 Å². The average molecular weight is 510 g/mol. The van der Waals surface area contributed by atoms with Crippen molar-refractivity contribution in [2.45, 2.75) is 30.3 Å². The topological polar surface area (TPSA) is 91.7 Å². The second-order valence-corrected chi connectivity index (χ2v) is 9.90. The smallest absolute Gasteiger partial charge is 0.272 e. The largest absolute Gasteiger partial charge is 0.495 e. The van der Waals surface area contributed by atoms with Gasteiger partial charge in [-0.25, -0.2) is 4.98 Å². The van der Waals surface area contributed by atoms with Crippen LogP contribution in [-0.2, 0) is 11.3 Å². The molecule has 0 bridgehead atoms. The Balaban J connectivity index is 1.46. The second kappa shape index (κ2) is 10.0. The van der Waals surface area contributed by atoms with E-state index in [2.05, 4.69) is 5.32 Å². The van der Waals surface area contributed by atoms with Gasteiger partial charge >= 0.3 is 0 Å². The van der Waals surface area contributed by atoms with E-state index in [0.717, 1.165) is 5.56 Å². The third-order valence-corrected chi connectivity index (χ3v) is 7.83. The lowest BCUT2D eigenvalue weighted by Crippen LogP contribution is -2.28. The van der Waals surface area contributed by atoms with Crippen molar-refractivity contribution in [1.29, 1.82) is 0 Å². The Labute approximate surface area is 209 Å². The quantitative estimate of drug-likeness (QED) is 0.271.